The summed E-state index contributed by atoms with van der Waals surface area (Å²) < 4.78 is 33.1. The van der Waals surface area contributed by atoms with E-state index in [9.17, 15) is 13.2 Å². The minimum absolute atomic E-state index is 0.0475. The Morgan fingerprint density at radius 1 is 1.12 bits per heavy atom. The molecular weight excluding hydrogens is 352 g/mol. The number of hydrogen-bond acceptors (Lipinski definition) is 4. The Balaban J connectivity index is 2.19. The van der Waals surface area contributed by atoms with Gasteiger partial charge in [0.2, 0.25) is 10.0 Å². The first-order chi connectivity index (χ1) is 12.3. The van der Waals surface area contributed by atoms with Gasteiger partial charge in [0.1, 0.15) is 10.6 Å². The summed E-state index contributed by atoms with van der Waals surface area (Å²) >= 11 is 0. The van der Waals surface area contributed by atoms with Crippen LogP contribution in [-0.2, 0) is 16.4 Å². The fourth-order valence-corrected chi connectivity index (χ4v) is 3.65. The molecule has 0 aliphatic rings. The number of hydrogen-bond donors (Lipinski definition) is 2. The molecule has 0 saturated carbocycles. The number of methoxy groups -OCH3 is 1. The standard InChI is InChI=1S/C19H24N2O4S/c1-14(2)21-19(22)16-9-10-17(25-3)18(13-16)26(23,24)20-12-11-15-7-5-4-6-8-15/h4-10,13-14,20H,11-12H2,1-3H3,(H,21,22). The van der Waals surface area contributed by atoms with Crippen LogP contribution in [0.1, 0.15) is 29.8 Å². The van der Waals surface area contributed by atoms with E-state index in [1.165, 1.54) is 19.2 Å². The molecule has 6 nitrogen and oxygen atoms in total. The van der Waals surface area contributed by atoms with E-state index in [0.717, 1.165) is 5.56 Å². The maximum atomic E-state index is 12.7. The molecule has 0 aromatic heterocycles. The van der Waals surface area contributed by atoms with E-state index in [-0.39, 0.29) is 34.7 Å². The van der Waals surface area contributed by atoms with Crippen molar-refractivity contribution in [3.8, 4) is 5.75 Å². The van der Waals surface area contributed by atoms with Crippen LogP contribution in [-0.4, -0.2) is 34.0 Å². The summed E-state index contributed by atoms with van der Waals surface area (Å²) in [5, 5.41) is 2.74. The lowest BCUT2D eigenvalue weighted by Gasteiger charge is -2.13. The topological polar surface area (TPSA) is 84.5 Å². The van der Waals surface area contributed by atoms with E-state index < -0.39 is 10.0 Å². The molecule has 0 saturated heterocycles. The minimum atomic E-state index is -3.81. The normalized spacial score (nSPS) is 11.4. The Hall–Kier alpha value is -2.38. The van der Waals surface area contributed by atoms with Gasteiger partial charge in [-0.25, -0.2) is 13.1 Å². The number of carbonyl (C=O) groups is 1. The first kappa shape index (κ1) is 19.9. The summed E-state index contributed by atoms with van der Waals surface area (Å²) in [6.07, 6.45) is 0.565. The summed E-state index contributed by atoms with van der Waals surface area (Å²) in [5.74, 6) is -0.137. The van der Waals surface area contributed by atoms with E-state index in [4.69, 9.17) is 4.74 Å². The van der Waals surface area contributed by atoms with Gasteiger partial charge in [0.05, 0.1) is 7.11 Å². The molecule has 0 aliphatic heterocycles. The van der Waals surface area contributed by atoms with E-state index in [1.54, 1.807) is 6.07 Å². The summed E-state index contributed by atoms with van der Waals surface area (Å²) in [6.45, 7) is 3.92. The molecule has 2 N–H and O–H groups in total. The average Bonchev–Trinajstić information content (AvgIpc) is 2.61. The van der Waals surface area contributed by atoms with Gasteiger partial charge in [0, 0.05) is 18.2 Å². The lowest BCUT2D eigenvalue weighted by atomic mass is 10.2. The fourth-order valence-electron chi connectivity index (χ4n) is 2.43. The second-order valence-corrected chi connectivity index (χ2v) is 7.86. The minimum Gasteiger partial charge on any atom is -0.495 e. The van der Waals surface area contributed by atoms with Crippen LogP contribution in [0.2, 0.25) is 0 Å². The van der Waals surface area contributed by atoms with Crippen molar-refractivity contribution in [3.63, 3.8) is 0 Å². The third-order valence-electron chi connectivity index (χ3n) is 3.68. The molecule has 0 unspecified atom stereocenters. The summed E-state index contributed by atoms with van der Waals surface area (Å²) in [4.78, 5) is 12.1. The van der Waals surface area contributed by atoms with Crippen molar-refractivity contribution in [2.75, 3.05) is 13.7 Å². The summed E-state index contributed by atoms with van der Waals surface area (Å²) in [6, 6.07) is 13.9. The Bertz CT molecular complexity index is 849. The molecule has 0 radical (unpaired) electrons. The van der Waals surface area contributed by atoms with Gasteiger partial charge in [-0.05, 0) is 44.0 Å². The van der Waals surface area contributed by atoms with E-state index in [1.807, 2.05) is 44.2 Å². The second kappa shape index (κ2) is 8.82. The molecule has 0 heterocycles. The lowest BCUT2D eigenvalue weighted by molar-refractivity contribution is 0.0943. The first-order valence-electron chi connectivity index (χ1n) is 8.36. The molecular formula is C19H24N2O4S. The van der Waals surface area contributed by atoms with Gasteiger partial charge in [-0.3, -0.25) is 4.79 Å². The van der Waals surface area contributed by atoms with Crippen molar-refractivity contribution in [1.29, 1.82) is 0 Å². The highest BCUT2D eigenvalue weighted by molar-refractivity contribution is 7.89. The Labute approximate surface area is 154 Å². The van der Waals surface area contributed by atoms with Crippen molar-refractivity contribution in [2.24, 2.45) is 0 Å². The molecule has 26 heavy (non-hydrogen) atoms. The number of nitrogens with one attached hydrogen (secondary N) is 2. The molecule has 7 heteroatoms. The van der Waals surface area contributed by atoms with Gasteiger partial charge >= 0.3 is 0 Å². The van der Waals surface area contributed by atoms with Crippen LogP contribution in [0, 0.1) is 0 Å². The van der Waals surface area contributed by atoms with Gasteiger partial charge in [-0.2, -0.15) is 0 Å². The first-order valence-corrected chi connectivity index (χ1v) is 9.84. The Morgan fingerprint density at radius 3 is 2.42 bits per heavy atom. The van der Waals surface area contributed by atoms with E-state index in [0.29, 0.717) is 6.42 Å². The molecule has 140 valence electrons. The van der Waals surface area contributed by atoms with Crippen LogP contribution in [0.5, 0.6) is 5.75 Å². The van der Waals surface area contributed by atoms with Crippen LogP contribution in [0.25, 0.3) is 0 Å². The molecule has 1 amide bonds. The van der Waals surface area contributed by atoms with Crippen molar-refractivity contribution in [3.05, 3.63) is 59.7 Å². The van der Waals surface area contributed by atoms with Crippen molar-refractivity contribution < 1.29 is 17.9 Å². The zero-order chi connectivity index (χ0) is 19.2. The average molecular weight is 376 g/mol. The maximum absolute atomic E-state index is 12.7. The number of ether oxygens (including phenoxy) is 1. The van der Waals surface area contributed by atoms with Crippen LogP contribution in [0.3, 0.4) is 0 Å². The Morgan fingerprint density at radius 2 is 1.81 bits per heavy atom. The number of sulfonamides is 1. The Kier molecular flexibility index (Phi) is 6.76. The van der Waals surface area contributed by atoms with Crippen molar-refractivity contribution in [2.45, 2.75) is 31.2 Å². The number of rotatable bonds is 8. The molecule has 0 atom stereocenters. The fraction of sp³-hybridized carbons (Fsp3) is 0.316. The van der Waals surface area contributed by atoms with Crippen LogP contribution < -0.4 is 14.8 Å². The predicted molar refractivity (Wildman–Crippen MR) is 101 cm³/mol. The number of carbonyl (C=O) groups excluding carboxylic acids is 1. The van der Waals surface area contributed by atoms with Crippen LogP contribution >= 0.6 is 0 Å². The molecule has 2 aromatic carbocycles. The lowest BCUT2D eigenvalue weighted by Crippen LogP contribution is -2.31. The molecule has 0 aliphatic carbocycles. The third-order valence-corrected chi connectivity index (χ3v) is 5.17. The van der Waals surface area contributed by atoms with E-state index >= 15 is 0 Å². The maximum Gasteiger partial charge on any atom is 0.251 e. The highest BCUT2D eigenvalue weighted by atomic mass is 32.2. The van der Waals surface area contributed by atoms with Gasteiger partial charge < -0.3 is 10.1 Å². The number of amides is 1. The van der Waals surface area contributed by atoms with Crippen LogP contribution in [0.15, 0.2) is 53.4 Å². The van der Waals surface area contributed by atoms with Gasteiger partial charge in [-0.1, -0.05) is 30.3 Å². The summed E-state index contributed by atoms with van der Waals surface area (Å²) in [5.41, 5.74) is 1.30. The monoisotopic (exact) mass is 376 g/mol. The third kappa shape index (κ3) is 5.31. The van der Waals surface area contributed by atoms with Crippen molar-refractivity contribution in [1.82, 2.24) is 10.0 Å². The quantitative estimate of drug-likeness (QED) is 0.741. The molecule has 0 fully saturated rings. The second-order valence-electron chi connectivity index (χ2n) is 6.13. The van der Waals surface area contributed by atoms with Crippen molar-refractivity contribution >= 4 is 15.9 Å². The highest BCUT2D eigenvalue weighted by Crippen LogP contribution is 2.25. The zero-order valence-electron chi connectivity index (χ0n) is 15.2. The van der Waals surface area contributed by atoms with Gasteiger partial charge in [0.15, 0.2) is 0 Å². The predicted octanol–water partition coefficient (Wildman–Crippen LogP) is 2.35. The smallest absolute Gasteiger partial charge is 0.251 e. The van der Waals surface area contributed by atoms with Gasteiger partial charge in [0.25, 0.3) is 5.91 Å². The molecule has 2 rings (SSSR count). The summed E-state index contributed by atoms with van der Waals surface area (Å²) in [7, 11) is -2.42. The number of benzene rings is 2. The molecule has 0 spiro atoms. The van der Waals surface area contributed by atoms with E-state index in [2.05, 4.69) is 10.0 Å². The zero-order valence-corrected chi connectivity index (χ0v) is 16.0. The molecule has 2 aromatic rings. The highest BCUT2D eigenvalue weighted by Gasteiger charge is 2.21. The SMILES string of the molecule is COc1ccc(C(=O)NC(C)C)cc1S(=O)(=O)NCCc1ccccc1. The van der Waals surface area contributed by atoms with Crippen LogP contribution in [0.4, 0.5) is 0 Å². The largest absolute Gasteiger partial charge is 0.495 e. The molecule has 0 bridgehead atoms. The van der Waals surface area contributed by atoms with Gasteiger partial charge in [-0.15, -0.1) is 0 Å².